The number of aromatic amines is 1. The Bertz CT molecular complexity index is 1300. The van der Waals surface area contributed by atoms with Gasteiger partial charge in [0.1, 0.15) is 0 Å². The molecule has 0 saturated carbocycles. The molecule has 0 spiro atoms. The van der Waals surface area contributed by atoms with Crippen molar-refractivity contribution in [1.29, 1.82) is 0 Å². The highest BCUT2D eigenvalue weighted by atomic mass is 79.9. The summed E-state index contributed by atoms with van der Waals surface area (Å²) in [6.45, 7) is 0. The molecule has 0 amide bonds. The molecule has 1 aromatic heterocycles. The Kier molecular flexibility index (Phi) is 7.15. The smallest absolute Gasteiger partial charge is 0.199 e. The molecule has 4 rings (SSSR count). The first-order valence-electron chi connectivity index (χ1n) is 9.26. The fourth-order valence-electron chi connectivity index (χ4n) is 3.09. The molecule has 7 heteroatoms. The molecule has 4 aromatic rings. The molecule has 0 saturated heterocycles. The molecule has 0 aliphatic carbocycles. The van der Waals surface area contributed by atoms with Crippen LogP contribution in [0.1, 0.15) is 21.5 Å². The first kappa shape index (κ1) is 22.5. The number of hydrogen-bond donors (Lipinski definition) is 1. The van der Waals surface area contributed by atoms with Gasteiger partial charge in [-0.3, -0.25) is 4.79 Å². The topological polar surface area (TPSA) is 32.9 Å². The fraction of sp³-hybridized carbons (Fsp3) is 0.0417. The predicted molar refractivity (Wildman–Crippen MR) is 138 cm³/mol. The number of aromatic nitrogens is 1. The predicted octanol–water partition coefficient (Wildman–Crippen LogP) is 9.05. The number of rotatable bonds is 6. The van der Waals surface area contributed by atoms with Crippen molar-refractivity contribution >= 4 is 85.3 Å². The molecule has 1 heterocycles. The van der Waals surface area contributed by atoms with E-state index >= 15 is 0 Å². The van der Waals surface area contributed by atoms with Crippen LogP contribution in [0.2, 0.25) is 15.1 Å². The van der Waals surface area contributed by atoms with Crippen LogP contribution in [0, 0.1) is 0 Å². The van der Waals surface area contributed by atoms with E-state index in [9.17, 15) is 4.79 Å². The van der Waals surface area contributed by atoms with E-state index in [0.29, 0.717) is 31.3 Å². The molecule has 0 aliphatic heterocycles. The molecule has 0 unspecified atom stereocenters. The summed E-state index contributed by atoms with van der Waals surface area (Å²) in [6.07, 6.45) is 3.82. The molecule has 0 fully saturated rings. The lowest BCUT2D eigenvalue weighted by Gasteiger charge is -2.09. The standard InChI is InChI=1S/C24H15BrCl3NOS/c25-17-4-8-22-20(10-17)16(12-29-22)9-23(24(30)14-1-5-18(26)6-2-14)31-13-15-3-7-19(27)11-21(15)28/h1-12,29H,13H2. The minimum absolute atomic E-state index is 0.0731. The van der Waals surface area contributed by atoms with Crippen LogP contribution in [-0.2, 0) is 5.75 Å². The Morgan fingerprint density at radius 3 is 2.45 bits per heavy atom. The zero-order chi connectivity index (χ0) is 22.0. The maximum atomic E-state index is 13.3. The number of H-pyrrole nitrogens is 1. The van der Waals surface area contributed by atoms with Crippen LogP contribution in [0.4, 0.5) is 0 Å². The maximum Gasteiger partial charge on any atom is 0.199 e. The Labute approximate surface area is 207 Å². The number of hydrogen-bond acceptors (Lipinski definition) is 2. The van der Waals surface area contributed by atoms with Gasteiger partial charge in [-0.25, -0.2) is 0 Å². The van der Waals surface area contributed by atoms with Gasteiger partial charge >= 0.3 is 0 Å². The van der Waals surface area contributed by atoms with Crippen molar-refractivity contribution in [2.45, 2.75) is 5.75 Å². The van der Waals surface area contributed by atoms with Crippen LogP contribution >= 0.6 is 62.5 Å². The van der Waals surface area contributed by atoms with Crippen LogP contribution < -0.4 is 0 Å². The fourth-order valence-corrected chi connectivity index (χ4v) is 5.15. The first-order chi connectivity index (χ1) is 14.9. The lowest BCUT2D eigenvalue weighted by molar-refractivity contribution is 0.104. The molecule has 31 heavy (non-hydrogen) atoms. The van der Waals surface area contributed by atoms with Crippen molar-refractivity contribution in [2.75, 3.05) is 0 Å². The molecule has 0 bridgehead atoms. The number of nitrogens with one attached hydrogen (secondary N) is 1. The van der Waals surface area contributed by atoms with Crippen LogP contribution in [0.5, 0.6) is 0 Å². The largest absolute Gasteiger partial charge is 0.361 e. The molecule has 0 aliphatic rings. The Morgan fingerprint density at radius 1 is 0.968 bits per heavy atom. The molecular weight excluding hydrogens is 537 g/mol. The van der Waals surface area contributed by atoms with Crippen molar-refractivity contribution in [3.8, 4) is 0 Å². The normalized spacial score (nSPS) is 11.8. The van der Waals surface area contributed by atoms with Crippen LogP contribution in [0.25, 0.3) is 17.0 Å². The van der Waals surface area contributed by atoms with E-state index in [1.807, 2.05) is 36.5 Å². The van der Waals surface area contributed by atoms with Crippen molar-refractivity contribution in [2.24, 2.45) is 0 Å². The molecule has 2 nitrogen and oxygen atoms in total. The summed E-state index contributed by atoms with van der Waals surface area (Å²) in [5.41, 5.74) is 3.42. The van der Waals surface area contributed by atoms with Gasteiger partial charge in [0.15, 0.2) is 5.78 Å². The quantitative estimate of drug-likeness (QED) is 0.192. The molecular formula is C24H15BrCl3NOS. The van der Waals surface area contributed by atoms with E-state index < -0.39 is 0 Å². The summed E-state index contributed by atoms with van der Waals surface area (Å²) < 4.78 is 0.973. The van der Waals surface area contributed by atoms with Crippen molar-refractivity contribution < 1.29 is 4.79 Å². The van der Waals surface area contributed by atoms with E-state index in [2.05, 4.69) is 20.9 Å². The van der Waals surface area contributed by atoms with Gasteiger partial charge in [-0.15, -0.1) is 11.8 Å². The maximum absolute atomic E-state index is 13.3. The number of carbonyl (C=O) groups is 1. The molecule has 156 valence electrons. The highest BCUT2D eigenvalue weighted by Crippen LogP contribution is 2.33. The summed E-state index contributed by atoms with van der Waals surface area (Å²) in [5.74, 6) is 0.462. The number of thioether (sulfide) groups is 1. The zero-order valence-corrected chi connectivity index (χ0v) is 20.6. The van der Waals surface area contributed by atoms with Gasteiger partial charge in [-0.1, -0.05) is 56.8 Å². The summed E-state index contributed by atoms with van der Waals surface area (Å²) >= 11 is 23.3. The second-order valence-corrected chi connectivity index (χ2v) is 10.0. The minimum atomic E-state index is -0.0731. The van der Waals surface area contributed by atoms with Crippen LogP contribution in [0.15, 0.2) is 76.2 Å². The van der Waals surface area contributed by atoms with E-state index in [0.717, 1.165) is 26.5 Å². The zero-order valence-electron chi connectivity index (χ0n) is 16.0. The minimum Gasteiger partial charge on any atom is -0.361 e. The Morgan fingerprint density at radius 2 is 1.71 bits per heavy atom. The average Bonchev–Trinajstić information content (AvgIpc) is 3.14. The van der Waals surface area contributed by atoms with Crippen molar-refractivity contribution in [3.63, 3.8) is 0 Å². The summed E-state index contributed by atoms with van der Waals surface area (Å²) in [4.78, 5) is 17.2. The second kappa shape index (κ2) is 9.85. The lowest BCUT2D eigenvalue weighted by Crippen LogP contribution is -2.01. The van der Waals surface area contributed by atoms with Gasteiger partial charge in [0.2, 0.25) is 0 Å². The SMILES string of the molecule is O=C(C(=Cc1c[nH]c2ccc(Br)cc12)SCc1ccc(Cl)cc1Cl)c1ccc(Cl)cc1. The monoisotopic (exact) mass is 549 g/mol. The van der Waals surface area contributed by atoms with E-state index in [1.54, 1.807) is 36.4 Å². The van der Waals surface area contributed by atoms with Gasteiger partial charge in [0.25, 0.3) is 0 Å². The third kappa shape index (κ3) is 5.39. The number of allylic oxidation sites excluding steroid dienone is 1. The van der Waals surface area contributed by atoms with Crippen molar-refractivity contribution in [1.82, 2.24) is 4.98 Å². The second-order valence-electron chi connectivity index (χ2n) is 6.80. The third-order valence-corrected chi connectivity index (χ3v) is 7.09. The number of carbonyl (C=O) groups excluding carboxylic acids is 1. The van der Waals surface area contributed by atoms with Crippen LogP contribution in [-0.4, -0.2) is 10.8 Å². The van der Waals surface area contributed by atoms with Crippen LogP contribution in [0.3, 0.4) is 0 Å². The average molecular weight is 552 g/mol. The Balaban J connectivity index is 1.72. The lowest BCUT2D eigenvalue weighted by atomic mass is 10.1. The Hall–Kier alpha value is -1.69. The third-order valence-electron chi connectivity index (χ3n) is 4.69. The molecule has 0 atom stereocenters. The number of ketones is 1. The number of benzene rings is 3. The number of halogens is 4. The van der Waals surface area contributed by atoms with Crippen molar-refractivity contribution in [3.05, 3.63) is 108 Å². The van der Waals surface area contributed by atoms with Gasteiger partial charge in [0, 0.05) is 53.5 Å². The van der Waals surface area contributed by atoms with Gasteiger partial charge in [-0.2, -0.15) is 0 Å². The highest BCUT2D eigenvalue weighted by Gasteiger charge is 2.16. The van der Waals surface area contributed by atoms with Gasteiger partial charge in [-0.05, 0) is 66.2 Å². The van der Waals surface area contributed by atoms with E-state index in [-0.39, 0.29) is 5.78 Å². The summed E-state index contributed by atoms with van der Waals surface area (Å²) in [5, 5.41) is 2.77. The molecule has 0 radical (unpaired) electrons. The highest BCUT2D eigenvalue weighted by molar-refractivity contribution is 9.10. The molecule has 1 N–H and O–H groups in total. The number of fused-ring (bicyclic) bond motifs is 1. The number of Topliss-reactive ketones (excluding diaryl/α,β-unsaturated/α-hetero) is 1. The first-order valence-corrected chi connectivity index (χ1v) is 12.2. The molecule has 3 aromatic carbocycles. The van der Waals surface area contributed by atoms with Gasteiger partial charge in [0.05, 0.1) is 4.91 Å². The van der Waals surface area contributed by atoms with Gasteiger partial charge < -0.3 is 4.98 Å². The van der Waals surface area contributed by atoms with E-state index in [4.69, 9.17) is 34.8 Å². The summed E-state index contributed by atoms with van der Waals surface area (Å²) in [6, 6.07) is 18.3. The summed E-state index contributed by atoms with van der Waals surface area (Å²) in [7, 11) is 0. The van der Waals surface area contributed by atoms with E-state index in [1.165, 1.54) is 11.8 Å².